The SMILES string of the molecule is O=C(NCCCn1cccc1)C1C=CC=C1. The fourth-order valence-electron chi connectivity index (χ4n) is 1.72. The summed E-state index contributed by atoms with van der Waals surface area (Å²) in [5, 5.41) is 2.93. The van der Waals surface area contributed by atoms with Gasteiger partial charge in [0, 0.05) is 25.5 Å². The van der Waals surface area contributed by atoms with Crippen LogP contribution in [0.3, 0.4) is 0 Å². The van der Waals surface area contributed by atoms with Gasteiger partial charge in [0.1, 0.15) is 0 Å². The predicted octanol–water partition coefficient (Wildman–Crippen LogP) is 1.74. The third-order valence-electron chi connectivity index (χ3n) is 2.61. The van der Waals surface area contributed by atoms with Crippen molar-refractivity contribution in [1.82, 2.24) is 9.88 Å². The van der Waals surface area contributed by atoms with E-state index in [-0.39, 0.29) is 11.8 Å². The number of hydrogen-bond donors (Lipinski definition) is 1. The normalized spacial score (nSPS) is 14.5. The second-order valence-electron chi connectivity index (χ2n) is 3.86. The maximum Gasteiger partial charge on any atom is 0.230 e. The Morgan fingerprint density at radius 2 is 1.88 bits per heavy atom. The Hall–Kier alpha value is -1.77. The highest BCUT2D eigenvalue weighted by Gasteiger charge is 2.12. The van der Waals surface area contributed by atoms with Crippen molar-refractivity contribution in [2.24, 2.45) is 5.92 Å². The molecule has 0 radical (unpaired) electrons. The summed E-state index contributed by atoms with van der Waals surface area (Å²) in [6.07, 6.45) is 12.6. The van der Waals surface area contributed by atoms with Crippen molar-refractivity contribution in [2.75, 3.05) is 6.54 Å². The van der Waals surface area contributed by atoms with Gasteiger partial charge in [-0.3, -0.25) is 4.79 Å². The lowest BCUT2D eigenvalue weighted by Gasteiger charge is -2.08. The van der Waals surface area contributed by atoms with E-state index in [0.29, 0.717) is 0 Å². The van der Waals surface area contributed by atoms with E-state index in [4.69, 9.17) is 0 Å². The summed E-state index contributed by atoms with van der Waals surface area (Å²) in [5.41, 5.74) is 0. The number of aromatic nitrogens is 1. The molecule has 0 saturated carbocycles. The standard InChI is InChI=1S/C13H16N2O/c16-13(12-6-1-2-7-12)14-8-5-11-15-9-3-4-10-15/h1-4,6-7,9-10,12H,5,8,11H2,(H,14,16). The Kier molecular flexibility index (Phi) is 3.59. The van der Waals surface area contributed by atoms with Crippen LogP contribution in [0.4, 0.5) is 0 Å². The average Bonchev–Trinajstić information content (AvgIpc) is 2.96. The molecule has 0 aliphatic heterocycles. The van der Waals surface area contributed by atoms with Crippen LogP contribution < -0.4 is 5.32 Å². The summed E-state index contributed by atoms with van der Waals surface area (Å²) in [5.74, 6) is 0.0316. The van der Waals surface area contributed by atoms with Crippen molar-refractivity contribution < 1.29 is 4.79 Å². The van der Waals surface area contributed by atoms with Crippen LogP contribution in [0.5, 0.6) is 0 Å². The van der Waals surface area contributed by atoms with Gasteiger partial charge in [0.25, 0.3) is 0 Å². The minimum absolute atomic E-state index is 0.0634. The number of carbonyl (C=O) groups is 1. The van der Waals surface area contributed by atoms with E-state index in [1.807, 2.05) is 48.8 Å². The number of allylic oxidation sites excluding steroid dienone is 2. The van der Waals surface area contributed by atoms with Crippen LogP contribution in [0.2, 0.25) is 0 Å². The topological polar surface area (TPSA) is 34.0 Å². The van der Waals surface area contributed by atoms with Gasteiger partial charge in [-0.1, -0.05) is 24.3 Å². The van der Waals surface area contributed by atoms with E-state index in [0.717, 1.165) is 19.5 Å². The van der Waals surface area contributed by atoms with Gasteiger partial charge in [-0.15, -0.1) is 0 Å². The van der Waals surface area contributed by atoms with Gasteiger partial charge in [-0.2, -0.15) is 0 Å². The van der Waals surface area contributed by atoms with E-state index in [9.17, 15) is 4.79 Å². The fourth-order valence-corrected chi connectivity index (χ4v) is 1.72. The molecule has 1 aliphatic rings. The van der Waals surface area contributed by atoms with Crippen LogP contribution in [-0.2, 0) is 11.3 Å². The number of carbonyl (C=O) groups excluding carboxylic acids is 1. The molecule has 0 saturated heterocycles. The van der Waals surface area contributed by atoms with Crippen LogP contribution in [-0.4, -0.2) is 17.0 Å². The summed E-state index contributed by atoms with van der Waals surface area (Å²) in [4.78, 5) is 11.6. The van der Waals surface area contributed by atoms with Crippen molar-refractivity contribution in [2.45, 2.75) is 13.0 Å². The molecular weight excluding hydrogens is 200 g/mol. The van der Waals surface area contributed by atoms with Gasteiger partial charge in [0.05, 0.1) is 5.92 Å². The monoisotopic (exact) mass is 216 g/mol. The molecule has 1 heterocycles. The van der Waals surface area contributed by atoms with E-state index in [2.05, 4.69) is 9.88 Å². The summed E-state index contributed by atoms with van der Waals surface area (Å²) in [6, 6.07) is 4.01. The molecular formula is C13H16N2O. The van der Waals surface area contributed by atoms with Crippen molar-refractivity contribution >= 4 is 5.91 Å². The summed E-state index contributed by atoms with van der Waals surface area (Å²) < 4.78 is 2.11. The molecule has 1 N–H and O–H groups in total. The van der Waals surface area contributed by atoms with Crippen LogP contribution in [0, 0.1) is 5.92 Å². The lowest BCUT2D eigenvalue weighted by molar-refractivity contribution is -0.122. The first-order valence-corrected chi connectivity index (χ1v) is 5.60. The Morgan fingerprint density at radius 1 is 1.19 bits per heavy atom. The Bertz CT molecular complexity index is 378. The third kappa shape index (κ3) is 2.86. The molecule has 84 valence electrons. The molecule has 0 spiro atoms. The molecule has 0 aromatic carbocycles. The molecule has 1 aliphatic carbocycles. The number of aryl methyl sites for hydroxylation is 1. The molecule has 1 aromatic heterocycles. The van der Waals surface area contributed by atoms with Crippen LogP contribution >= 0.6 is 0 Å². The van der Waals surface area contributed by atoms with Crippen LogP contribution in [0.1, 0.15) is 6.42 Å². The lowest BCUT2D eigenvalue weighted by Crippen LogP contribution is -2.29. The number of nitrogens with zero attached hydrogens (tertiary/aromatic N) is 1. The molecule has 2 rings (SSSR count). The summed E-state index contributed by atoms with van der Waals surface area (Å²) in [6.45, 7) is 1.68. The molecule has 1 aromatic rings. The van der Waals surface area contributed by atoms with Gasteiger partial charge >= 0.3 is 0 Å². The fraction of sp³-hybridized carbons (Fsp3) is 0.308. The minimum atomic E-state index is -0.0634. The van der Waals surface area contributed by atoms with Crippen LogP contribution in [0.25, 0.3) is 0 Å². The second-order valence-corrected chi connectivity index (χ2v) is 3.86. The van der Waals surface area contributed by atoms with E-state index >= 15 is 0 Å². The molecule has 0 atom stereocenters. The maximum absolute atomic E-state index is 11.6. The zero-order valence-electron chi connectivity index (χ0n) is 9.17. The molecule has 0 fully saturated rings. The molecule has 1 amide bonds. The molecule has 0 bridgehead atoms. The highest BCUT2D eigenvalue weighted by molar-refractivity contribution is 5.83. The average molecular weight is 216 g/mol. The molecule has 3 heteroatoms. The van der Waals surface area contributed by atoms with Gasteiger partial charge in [0.2, 0.25) is 5.91 Å². The number of amides is 1. The zero-order valence-corrected chi connectivity index (χ0v) is 9.17. The summed E-state index contributed by atoms with van der Waals surface area (Å²) in [7, 11) is 0. The van der Waals surface area contributed by atoms with Crippen molar-refractivity contribution in [3.8, 4) is 0 Å². The Labute approximate surface area is 95.5 Å². The highest BCUT2D eigenvalue weighted by atomic mass is 16.1. The smallest absolute Gasteiger partial charge is 0.230 e. The van der Waals surface area contributed by atoms with Gasteiger partial charge < -0.3 is 9.88 Å². The van der Waals surface area contributed by atoms with Crippen molar-refractivity contribution in [3.63, 3.8) is 0 Å². The maximum atomic E-state index is 11.6. The minimum Gasteiger partial charge on any atom is -0.355 e. The van der Waals surface area contributed by atoms with Crippen LogP contribution in [0.15, 0.2) is 48.8 Å². The quantitative estimate of drug-likeness (QED) is 0.747. The number of rotatable bonds is 5. The van der Waals surface area contributed by atoms with E-state index in [1.165, 1.54) is 0 Å². The van der Waals surface area contributed by atoms with Gasteiger partial charge in [0.15, 0.2) is 0 Å². The van der Waals surface area contributed by atoms with Crippen molar-refractivity contribution in [3.05, 3.63) is 48.8 Å². The molecule has 0 unspecified atom stereocenters. The molecule has 16 heavy (non-hydrogen) atoms. The molecule has 3 nitrogen and oxygen atoms in total. The first kappa shape index (κ1) is 10.7. The van der Waals surface area contributed by atoms with Crippen molar-refractivity contribution in [1.29, 1.82) is 0 Å². The largest absolute Gasteiger partial charge is 0.355 e. The zero-order chi connectivity index (χ0) is 11.2. The van der Waals surface area contributed by atoms with E-state index < -0.39 is 0 Å². The third-order valence-corrected chi connectivity index (χ3v) is 2.61. The van der Waals surface area contributed by atoms with Gasteiger partial charge in [-0.05, 0) is 18.6 Å². The predicted molar refractivity (Wildman–Crippen MR) is 63.8 cm³/mol. The Balaban J connectivity index is 1.63. The highest BCUT2D eigenvalue weighted by Crippen LogP contribution is 2.08. The lowest BCUT2D eigenvalue weighted by atomic mass is 10.1. The summed E-state index contributed by atoms with van der Waals surface area (Å²) >= 11 is 0. The second kappa shape index (κ2) is 5.35. The first-order valence-electron chi connectivity index (χ1n) is 5.60. The van der Waals surface area contributed by atoms with E-state index in [1.54, 1.807) is 0 Å². The number of nitrogens with one attached hydrogen (secondary N) is 1. The first-order chi connectivity index (χ1) is 7.86. The van der Waals surface area contributed by atoms with Gasteiger partial charge in [-0.25, -0.2) is 0 Å². The number of hydrogen-bond acceptors (Lipinski definition) is 1. The Morgan fingerprint density at radius 3 is 2.56 bits per heavy atom.